The Kier molecular flexibility index (Phi) is 4.63. The number of carbonyl (C=O) groups excluding carboxylic acids is 2. The average molecular weight is 268 g/mol. The van der Waals surface area contributed by atoms with Crippen molar-refractivity contribution >= 4 is 11.9 Å². The number of esters is 1. The van der Waals surface area contributed by atoms with Crippen LogP contribution in [0.25, 0.3) is 0 Å². The normalized spacial score (nSPS) is 11.2. The lowest BCUT2D eigenvalue weighted by Crippen LogP contribution is -2.30. The van der Waals surface area contributed by atoms with Gasteiger partial charge in [0.25, 0.3) is 5.91 Å². The lowest BCUT2D eigenvalue weighted by Gasteiger charge is -2.14. The molecule has 19 heavy (non-hydrogen) atoms. The number of nitrogens with zero attached hydrogens (tertiary/aromatic N) is 3. The molecule has 1 aromatic rings. The van der Waals surface area contributed by atoms with Crippen molar-refractivity contribution in [2.75, 3.05) is 20.7 Å². The molecule has 1 rings (SSSR count). The Balaban J connectivity index is 2.67. The molecule has 0 atom stereocenters. The first-order valence-electron chi connectivity index (χ1n) is 6.01. The number of carbonyl (C=O) groups is 2. The highest BCUT2D eigenvalue weighted by Crippen LogP contribution is 2.17. The monoisotopic (exact) mass is 268 g/mol. The quantitative estimate of drug-likeness (QED) is 0.813. The molecule has 1 heterocycles. The molecule has 0 saturated carbocycles. The minimum absolute atomic E-state index is 0.109. The second kappa shape index (κ2) is 5.81. The molecular formula is C12H20N4O3. The van der Waals surface area contributed by atoms with E-state index in [9.17, 15) is 9.59 Å². The van der Waals surface area contributed by atoms with Crippen LogP contribution in [0.15, 0.2) is 0 Å². The second-order valence-corrected chi connectivity index (χ2v) is 5.31. The number of methoxy groups -OCH3 is 1. The maximum absolute atomic E-state index is 12.0. The van der Waals surface area contributed by atoms with Gasteiger partial charge in [0, 0.05) is 19.0 Å². The summed E-state index contributed by atoms with van der Waals surface area (Å²) in [7, 11) is 2.91. The average Bonchev–Trinajstić information content (AvgIpc) is 2.83. The zero-order valence-corrected chi connectivity index (χ0v) is 12.0. The summed E-state index contributed by atoms with van der Waals surface area (Å²) in [5.74, 6) is 0.0789. The highest BCUT2D eigenvalue weighted by Gasteiger charge is 2.23. The van der Waals surface area contributed by atoms with Crippen molar-refractivity contribution in [3.8, 4) is 0 Å². The fraction of sp³-hybridized carbons (Fsp3) is 0.667. The van der Waals surface area contributed by atoms with Crippen LogP contribution in [0.3, 0.4) is 0 Å². The van der Waals surface area contributed by atoms with Crippen LogP contribution < -0.4 is 0 Å². The van der Waals surface area contributed by atoms with E-state index in [1.807, 2.05) is 20.8 Å². The molecule has 1 N–H and O–H groups in total. The minimum Gasteiger partial charge on any atom is -0.469 e. The molecule has 1 aromatic heterocycles. The van der Waals surface area contributed by atoms with E-state index in [2.05, 4.69) is 19.9 Å². The number of nitrogens with one attached hydrogen (secondary N) is 1. The Morgan fingerprint density at radius 3 is 2.47 bits per heavy atom. The SMILES string of the molecule is COC(=O)CCN(C)C(=O)c1n[nH]c(C(C)(C)C)n1. The van der Waals surface area contributed by atoms with Gasteiger partial charge < -0.3 is 9.64 Å². The number of aromatic nitrogens is 3. The molecule has 0 fully saturated rings. The number of amides is 1. The van der Waals surface area contributed by atoms with E-state index in [1.165, 1.54) is 12.0 Å². The molecule has 0 aromatic carbocycles. The van der Waals surface area contributed by atoms with Gasteiger partial charge >= 0.3 is 5.97 Å². The van der Waals surface area contributed by atoms with Crippen molar-refractivity contribution in [3.05, 3.63) is 11.6 Å². The predicted octanol–water partition coefficient (Wildman–Crippen LogP) is 0.737. The first kappa shape index (κ1) is 15.1. The van der Waals surface area contributed by atoms with E-state index in [1.54, 1.807) is 7.05 Å². The Morgan fingerprint density at radius 2 is 2.00 bits per heavy atom. The van der Waals surface area contributed by atoms with E-state index in [-0.39, 0.29) is 36.1 Å². The largest absolute Gasteiger partial charge is 0.469 e. The minimum atomic E-state index is -0.356. The molecule has 0 saturated heterocycles. The summed E-state index contributed by atoms with van der Waals surface area (Å²) in [6, 6.07) is 0. The molecule has 106 valence electrons. The summed E-state index contributed by atoms with van der Waals surface area (Å²) < 4.78 is 4.52. The summed E-state index contributed by atoms with van der Waals surface area (Å²) in [5.41, 5.74) is -0.198. The third kappa shape index (κ3) is 4.04. The molecule has 0 radical (unpaired) electrons. The van der Waals surface area contributed by atoms with Gasteiger partial charge in [0.05, 0.1) is 13.5 Å². The lowest BCUT2D eigenvalue weighted by molar-refractivity contribution is -0.140. The van der Waals surface area contributed by atoms with E-state index in [4.69, 9.17) is 0 Å². The Morgan fingerprint density at radius 1 is 1.37 bits per heavy atom. The zero-order chi connectivity index (χ0) is 14.6. The fourth-order valence-corrected chi connectivity index (χ4v) is 1.33. The number of ether oxygens (including phenoxy) is 1. The summed E-state index contributed by atoms with van der Waals surface area (Å²) >= 11 is 0. The summed E-state index contributed by atoms with van der Waals surface area (Å²) in [5, 5.41) is 6.66. The van der Waals surface area contributed by atoms with Gasteiger partial charge in [0.2, 0.25) is 5.82 Å². The maximum Gasteiger partial charge on any atom is 0.307 e. The Hall–Kier alpha value is -1.92. The molecular weight excluding hydrogens is 248 g/mol. The highest BCUT2D eigenvalue weighted by atomic mass is 16.5. The fourth-order valence-electron chi connectivity index (χ4n) is 1.33. The lowest BCUT2D eigenvalue weighted by atomic mass is 9.96. The van der Waals surface area contributed by atoms with Gasteiger partial charge in [-0.15, -0.1) is 5.10 Å². The van der Waals surface area contributed by atoms with Gasteiger partial charge in [-0.2, -0.15) is 0 Å². The standard InChI is InChI=1S/C12H20N4O3/c1-12(2,3)11-13-9(14-15-11)10(18)16(4)7-6-8(17)19-5/h6-7H2,1-5H3,(H,13,14,15). The van der Waals surface area contributed by atoms with Crippen molar-refractivity contribution in [3.63, 3.8) is 0 Å². The number of H-pyrrole nitrogens is 1. The number of aromatic amines is 1. The first-order chi connectivity index (χ1) is 8.75. The number of hydrogen-bond acceptors (Lipinski definition) is 5. The van der Waals surface area contributed by atoms with Crippen LogP contribution in [-0.4, -0.2) is 52.7 Å². The van der Waals surface area contributed by atoms with Crippen LogP contribution in [0, 0.1) is 0 Å². The van der Waals surface area contributed by atoms with Gasteiger partial charge in [0.15, 0.2) is 0 Å². The van der Waals surface area contributed by atoms with Crippen molar-refractivity contribution in [1.82, 2.24) is 20.1 Å². The van der Waals surface area contributed by atoms with Crippen LogP contribution in [0.2, 0.25) is 0 Å². The van der Waals surface area contributed by atoms with Crippen molar-refractivity contribution in [1.29, 1.82) is 0 Å². The van der Waals surface area contributed by atoms with E-state index >= 15 is 0 Å². The number of rotatable bonds is 4. The third-order valence-corrected chi connectivity index (χ3v) is 2.61. The van der Waals surface area contributed by atoms with Gasteiger partial charge in [-0.05, 0) is 0 Å². The molecule has 7 nitrogen and oxygen atoms in total. The molecule has 0 unspecified atom stereocenters. The van der Waals surface area contributed by atoms with Crippen molar-refractivity contribution in [2.45, 2.75) is 32.6 Å². The molecule has 0 aliphatic rings. The van der Waals surface area contributed by atoms with Gasteiger partial charge in [-0.25, -0.2) is 4.98 Å². The molecule has 0 aliphatic heterocycles. The number of hydrogen-bond donors (Lipinski definition) is 1. The highest BCUT2D eigenvalue weighted by molar-refractivity contribution is 5.90. The molecule has 0 bridgehead atoms. The van der Waals surface area contributed by atoms with Crippen LogP contribution >= 0.6 is 0 Å². The smallest absolute Gasteiger partial charge is 0.307 e. The summed E-state index contributed by atoms with van der Waals surface area (Å²) in [6.07, 6.45) is 0.148. The topological polar surface area (TPSA) is 88.2 Å². The zero-order valence-electron chi connectivity index (χ0n) is 12.0. The van der Waals surface area contributed by atoms with Crippen LogP contribution in [0.5, 0.6) is 0 Å². The van der Waals surface area contributed by atoms with Crippen molar-refractivity contribution in [2.24, 2.45) is 0 Å². The molecule has 1 amide bonds. The third-order valence-electron chi connectivity index (χ3n) is 2.61. The first-order valence-corrected chi connectivity index (χ1v) is 6.01. The summed E-state index contributed by atoms with van der Waals surface area (Å²) in [4.78, 5) is 28.6. The van der Waals surface area contributed by atoms with E-state index in [0.29, 0.717) is 5.82 Å². The van der Waals surface area contributed by atoms with Crippen LogP contribution in [0.4, 0.5) is 0 Å². The van der Waals surface area contributed by atoms with Gasteiger partial charge in [-0.1, -0.05) is 20.8 Å². The van der Waals surface area contributed by atoms with Crippen LogP contribution in [0.1, 0.15) is 43.6 Å². The molecule has 0 spiro atoms. The van der Waals surface area contributed by atoms with Gasteiger partial charge in [-0.3, -0.25) is 14.7 Å². The van der Waals surface area contributed by atoms with Crippen molar-refractivity contribution < 1.29 is 14.3 Å². The molecule has 0 aliphatic carbocycles. The van der Waals surface area contributed by atoms with Gasteiger partial charge in [0.1, 0.15) is 5.82 Å². The molecule has 7 heteroatoms. The van der Waals surface area contributed by atoms with E-state index < -0.39 is 0 Å². The summed E-state index contributed by atoms with van der Waals surface area (Å²) in [6.45, 7) is 6.19. The second-order valence-electron chi connectivity index (χ2n) is 5.31. The Bertz CT molecular complexity index is 462. The predicted molar refractivity (Wildman–Crippen MR) is 68.7 cm³/mol. The van der Waals surface area contributed by atoms with E-state index in [0.717, 1.165) is 0 Å². The van der Waals surface area contributed by atoms with Crippen LogP contribution in [-0.2, 0) is 14.9 Å². The Labute approximate surface area is 112 Å². The maximum atomic E-state index is 12.0.